The highest BCUT2D eigenvalue weighted by atomic mass is 127. The van der Waals surface area contributed by atoms with Crippen LogP contribution in [0.5, 0.6) is 11.5 Å². The fourth-order valence-electron chi connectivity index (χ4n) is 4.67. The number of methoxy groups -OCH3 is 1. The molecule has 3 aromatic carbocycles. The molecule has 0 saturated heterocycles. The van der Waals surface area contributed by atoms with Crippen LogP contribution < -0.4 is 24.4 Å². The van der Waals surface area contributed by atoms with Crippen molar-refractivity contribution < 1.29 is 32.2 Å². The molecule has 0 N–H and O–H groups in total. The van der Waals surface area contributed by atoms with Gasteiger partial charge in [-0.1, -0.05) is 65.4 Å². The SMILES string of the molecule is CCOC(=O)C1=C(C(F)(F)F)N=c2s/c(=C\c3cc(I)cc(OC)c3OCc3ccccc3)c(=O)n2[C@H]1c1ccc(Cl)cc1. The highest BCUT2D eigenvalue weighted by Crippen LogP contribution is 2.39. The molecule has 0 aliphatic carbocycles. The molecule has 0 bridgehead atoms. The topological polar surface area (TPSA) is 79.1 Å². The summed E-state index contributed by atoms with van der Waals surface area (Å²) in [5, 5.41) is 0.328. The Kier molecular flexibility index (Phi) is 9.51. The van der Waals surface area contributed by atoms with Gasteiger partial charge in [-0.3, -0.25) is 9.36 Å². The number of hydrogen-bond donors (Lipinski definition) is 0. The lowest BCUT2D eigenvalue weighted by molar-refractivity contribution is -0.140. The molecule has 0 amide bonds. The number of aromatic nitrogens is 1. The van der Waals surface area contributed by atoms with Crippen molar-refractivity contribution in [3.63, 3.8) is 0 Å². The van der Waals surface area contributed by atoms with Crippen molar-refractivity contribution in [1.82, 2.24) is 4.57 Å². The molecular weight excluding hydrogens is 732 g/mol. The van der Waals surface area contributed by atoms with Crippen molar-refractivity contribution in [2.75, 3.05) is 13.7 Å². The van der Waals surface area contributed by atoms with Crippen molar-refractivity contribution in [2.45, 2.75) is 25.7 Å². The number of halogens is 5. The van der Waals surface area contributed by atoms with Crippen LogP contribution in [0, 0.1) is 3.57 Å². The predicted molar refractivity (Wildman–Crippen MR) is 169 cm³/mol. The summed E-state index contributed by atoms with van der Waals surface area (Å²) in [5.74, 6) is -0.466. The predicted octanol–water partition coefficient (Wildman–Crippen LogP) is 6.19. The smallest absolute Gasteiger partial charge is 0.434 e. The second-order valence-corrected chi connectivity index (χ2v) is 12.1. The molecule has 13 heteroatoms. The van der Waals surface area contributed by atoms with E-state index in [-0.39, 0.29) is 28.1 Å². The van der Waals surface area contributed by atoms with Crippen molar-refractivity contribution in [3.05, 3.63) is 123 Å². The Morgan fingerprint density at radius 2 is 1.84 bits per heavy atom. The second kappa shape index (κ2) is 13.2. The lowest BCUT2D eigenvalue weighted by atomic mass is 9.95. The Morgan fingerprint density at radius 1 is 1.14 bits per heavy atom. The zero-order valence-corrected chi connectivity index (χ0v) is 26.9. The van der Waals surface area contributed by atoms with Crippen LogP contribution in [0.1, 0.15) is 29.7 Å². The van der Waals surface area contributed by atoms with Crippen molar-refractivity contribution in [3.8, 4) is 11.5 Å². The van der Waals surface area contributed by atoms with Gasteiger partial charge in [0.05, 0.1) is 29.9 Å². The summed E-state index contributed by atoms with van der Waals surface area (Å²) in [6.45, 7) is 1.50. The molecule has 1 aromatic heterocycles. The van der Waals surface area contributed by atoms with Crippen LogP contribution in [0.15, 0.2) is 87.8 Å². The molecule has 7 nitrogen and oxygen atoms in total. The molecule has 0 fully saturated rings. The average molecular weight is 755 g/mol. The van der Waals surface area contributed by atoms with Gasteiger partial charge >= 0.3 is 12.1 Å². The monoisotopic (exact) mass is 754 g/mol. The standard InChI is InChI=1S/C31H23ClF3IN2O5S/c1-3-42-29(40)24-25(18-9-11-20(32)12-10-18)38-28(39)23(44-30(38)37-27(24)31(33,34)35)14-19-13-21(36)15-22(41-2)26(19)43-16-17-7-5-4-6-8-17/h4-15,25H,3,16H2,1-2H3/b23-14-/t25-/m0/s1. The molecule has 44 heavy (non-hydrogen) atoms. The van der Waals surface area contributed by atoms with Gasteiger partial charge in [-0.15, -0.1) is 0 Å². The van der Waals surface area contributed by atoms with E-state index in [9.17, 15) is 22.8 Å². The first-order valence-corrected chi connectivity index (χ1v) is 15.4. The summed E-state index contributed by atoms with van der Waals surface area (Å²) in [7, 11) is 1.49. The maximum Gasteiger partial charge on any atom is 0.434 e. The molecule has 4 aromatic rings. The Bertz CT molecular complexity index is 1920. The highest BCUT2D eigenvalue weighted by Gasteiger charge is 2.45. The van der Waals surface area contributed by atoms with E-state index in [0.29, 0.717) is 22.1 Å². The number of nitrogens with zero attached hydrogens (tertiary/aromatic N) is 2. The molecule has 228 valence electrons. The van der Waals surface area contributed by atoms with Gasteiger partial charge in [-0.25, -0.2) is 9.79 Å². The minimum Gasteiger partial charge on any atom is -0.493 e. The van der Waals surface area contributed by atoms with Crippen molar-refractivity contribution in [1.29, 1.82) is 0 Å². The first-order valence-electron chi connectivity index (χ1n) is 13.1. The van der Waals surface area contributed by atoms with E-state index in [4.69, 9.17) is 25.8 Å². The number of benzene rings is 3. The molecule has 1 aliphatic heterocycles. The largest absolute Gasteiger partial charge is 0.493 e. The third-order valence-corrected chi connectivity index (χ3v) is 8.42. The lowest BCUT2D eigenvalue weighted by Gasteiger charge is -2.26. The van der Waals surface area contributed by atoms with Crippen LogP contribution in [0.25, 0.3) is 6.08 Å². The molecule has 0 unspecified atom stereocenters. The number of thiazole rings is 1. The van der Waals surface area contributed by atoms with E-state index >= 15 is 0 Å². The number of rotatable bonds is 8. The zero-order valence-electron chi connectivity index (χ0n) is 23.2. The number of allylic oxidation sites excluding steroid dienone is 1. The van der Waals surface area contributed by atoms with Gasteiger partial charge in [0, 0.05) is 14.2 Å². The zero-order chi connectivity index (χ0) is 31.6. The Labute approximate surface area is 272 Å². The highest BCUT2D eigenvalue weighted by molar-refractivity contribution is 14.1. The number of carbonyl (C=O) groups is 1. The molecule has 2 heterocycles. The van der Waals surface area contributed by atoms with Crippen LogP contribution >= 0.6 is 45.5 Å². The molecule has 0 radical (unpaired) electrons. The lowest BCUT2D eigenvalue weighted by Crippen LogP contribution is -2.41. The van der Waals surface area contributed by atoms with Gasteiger partial charge < -0.3 is 14.2 Å². The summed E-state index contributed by atoms with van der Waals surface area (Å²) in [4.78, 5) is 30.6. The molecule has 0 spiro atoms. The summed E-state index contributed by atoms with van der Waals surface area (Å²) < 4.78 is 61.8. The fraction of sp³-hybridized carbons (Fsp3) is 0.194. The second-order valence-electron chi connectivity index (χ2n) is 9.42. The maximum atomic E-state index is 14.4. The van der Waals surface area contributed by atoms with Crippen LogP contribution in [0.4, 0.5) is 13.2 Å². The van der Waals surface area contributed by atoms with Crippen molar-refractivity contribution in [2.24, 2.45) is 4.99 Å². The van der Waals surface area contributed by atoms with Gasteiger partial charge in [-0.05, 0) is 71.0 Å². The van der Waals surface area contributed by atoms with Crippen LogP contribution in [0.3, 0.4) is 0 Å². The summed E-state index contributed by atoms with van der Waals surface area (Å²) in [5.41, 5.74) is -1.27. The van der Waals surface area contributed by atoms with Gasteiger partial charge in [0.25, 0.3) is 5.56 Å². The van der Waals surface area contributed by atoms with Crippen LogP contribution in [-0.4, -0.2) is 30.4 Å². The number of esters is 1. The van der Waals surface area contributed by atoms with Crippen LogP contribution in [-0.2, 0) is 16.1 Å². The first kappa shape index (κ1) is 31.8. The molecule has 1 aliphatic rings. The molecular formula is C31H23ClF3IN2O5S. The molecule has 5 rings (SSSR count). The summed E-state index contributed by atoms with van der Waals surface area (Å²) >= 11 is 8.91. The normalized spacial score (nSPS) is 15.1. The van der Waals surface area contributed by atoms with Crippen molar-refractivity contribution >= 4 is 57.6 Å². The van der Waals surface area contributed by atoms with E-state index in [1.165, 1.54) is 44.4 Å². The Morgan fingerprint density at radius 3 is 2.48 bits per heavy atom. The minimum absolute atomic E-state index is 0.0722. The minimum atomic E-state index is -5.01. The van der Waals surface area contributed by atoms with Gasteiger partial charge in [0.15, 0.2) is 22.0 Å². The van der Waals surface area contributed by atoms with Gasteiger partial charge in [-0.2, -0.15) is 13.2 Å². The summed E-state index contributed by atoms with van der Waals surface area (Å²) in [6, 6.07) is 17.4. The number of fused-ring (bicyclic) bond motifs is 1. The van der Waals surface area contributed by atoms with Gasteiger partial charge in [0.1, 0.15) is 6.61 Å². The van der Waals surface area contributed by atoms with E-state index in [1.54, 1.807) is 12.1 Å². The Hall–Kier alpha value is -3.62. The number of hydrogen-bond acceptors (Lipinski definition) is 7. The Balaban J connectivity index is 1.74. The van der Waals surface area contributed by atoms with E-state index in [2.05, 4.69) is 27.6 Å². The molecule has 1 atom stereocenters. The molecule has 0 saturated carbocycles. The first-order chi connectivity index (χ1) is 21.0. The third-order valence-electron chi connectivity index (χ3n) is 6.56. The maximum absolute atomic E-state index is 14.4. The van der Waals surface area contributed by atoms with Crippen LogP contribution in [0.2, 0.25) is 5.02 Å². The van der Waals surface area contributed by atoms with Gasteiger partial charge in [0.2, 0.25) is 0 Å². The van der Waals surface area contributed by atoms with E-state index < -0.39 is 35.0 Å². The fourth-order valence-corrected chi connectivity index (χ4v) is 6.41. The quantitative estimate of drug-likeness (QED) is 0.159. The third kappa shape index (κ3) is 6.57. The number of alkyl halides is 3. The van der Waals surface area contributed by atoms with E-state index in [1.807, 2.05) is 30.3 Å². The number of carbonyl (C=O) groups excluding carboxylic acids is 1. The number of ether oxygens (including phenoxy) is 3. The van der Waals surface area contributed by atoms with E-state index in [0.717, 1.165) is 25.0 Å². The average Bonchev–Trinajstić information content (AvgIpc) is 3.30. The summed E-state index contributed by atoms with van der Waals surface area (Å²) in [6.07, 6.45) is -3.49.